The molecule has 18 heavy (non-hydrogen) atoms. The summed E-state index contributed by atoms with van der Waals surface area (Å²) in [7, 11) is 0. The number of hydrogen-bond donors (Lipinski definition) is 2. The Morgan fingerprint density at radius 1 is 1.39 bits per heavy atom. The summed E-state index contributed by atoms with van der Waals surface area (Å²) in [4.78, 5) is 11.1. The molecule has 0 aromatic heterocycles. The van der Waals surface area contributed by atoms with Gasteiger partial charge in [0.1, 0.15) is 0 Å². The van der Waals surface area contributed by atoms with E-state index in [2.05, 4.69) is 0 Å². The van der Waals surface area contributed by atoms with E-state index in [9.17, 15) is 4.79 Å². The minimum atomic E-state index is -0.845. The normalized spacial score (nSPS) is 12.3. The van der Waals surface area contributed by atoms with Crippen molar-refractivity contribution in [2.75, 3.05) is 19.8 Å². The molecule has 0 bridgehead atoms. The number of halogens is 1. The summed E-state index contributed by atoms with van der Waals surface area (Å²) < 4.78 is 5.09. The maximum atomic E-state index is 11.1. The molecule has 0 saturated heterocycles. The van der Waals surface area contributed by atoms with Crippen LogP contribution >= 0.6 is 11.6 Å². The molecule has 0 heterocycles. The molecule has 0 aliphatic rings. The van der Waals surface area contributed by atoms with Crippen molar-refractivity contribution in [1.82, 2.24) is 0 Å². The van der Waals surface area contributed by atoms with Gasteiger partial charge in [-0.1, -0.05) is 23.7 Å². The van der Waals surface area contributed by atoms with E-state index in [0.717, 1.165) is 5.56 Å². The second-order valence-corrected chi connectivity index (χ2v) is 4.43. The van der Waals surface area contributed by atoms with Gasteiger partial charge in [0.25, 0.3) is 0 Å². The molecule has 1 atom stereocenters. The lowest BCUT2D eigenvalue weighted by Gasteiger charge is -2.12. The van der Waals surface area contributed by atoms with Crippen molar-refractivity contribution in [2.24, 2.45) is 5.92 Å². The number of aliphatic carboxylic acids is 1. The van der Waals surface area contributed by atoms with Gasteiger partial charge in [-0.05, 0) is 30.5 Å². The van der Waals surface area contributed by atoms with Gasteiger partial charge in [0, 0.05) is 11.6 Å². The van der Waals surface area contributed by atoms with Crippen LogP contribution in [0.3, 0.4) is 0 Å². The van der Waals surface area contributed by atoms with Gasteiger partial charge in [0.05, 0.1) is 19.1 Å². The number of carbonyl (C=O) groups is 1. The number of ether oxygens (including phenoxy) is 1. The molecule has 0 aliphatic carbocycles. The van der Waals surface area contributed by atoms with Crippen LogP contribution < -0.4 is 0 Å². The Bertz CT molecular complexity index is 381. The van der Waals surface area contributed by atoms with Gasteiger partial charge in [-0.25, -0.2) is 0 Å². The number of aliphatic hydroxyl groups excluding tert-OH is 1. The average Bonchev–Trinajstić information content (AvgIpc) is 2.33. The van der Waals surface area contributed by atoms with Crippen LogP contribution in [0.15, 0.2) is 24.3 Å². The summed E-state index contributed by atoms with van der Waals surface area (Å²) in [6.07, 6.45) is 0.847. The van der Waals surface area contributed by atoms with Gasteiger partial charge in [-0.15, -0.1) is 0 Å². The summed E-state index contributed by atoms with van der Waals surface area (Å²) in [5.74, 6) is -1.34. The van der Waals surface area contributed by atoms with Crippen molar-refractivity contribution in [3.63, 3.8) is 0 Å². The highest BCUT2D eigenvalue weighted by molar-refractivity contribution is 6.30. The molecule has 4 nitrogen and oxygen atoms in total. The summed E-state index contributed by atoms with van der Waals surface area (Å²) >= 11 is 5.85. The fourth-order valence-corrected chi connectivity index (χ4v) is 1.87. The largest absolute Gasteiger partial charge is 0.481 e. The third kappa shape index (κ3) is 5.49. The van der Waals surface area contributed by atoms with Gasteiger partial charge in [-0.3, -0.25) is 4.79 Å². The topological polar surface area (TPSA) is 66.8 Å². The molecule has 5 heteroatoms. The Morgan fingerprint density at radius 2 is 2.17 bits per heavy atom. The number of carboxylic acid groups (broad SMARTS) is 1. The van der Waals surface area contributed by atoms with E-state index in [-0.39, 0.29) is 13.2 Å². The van der Waals surface area contributed by atoms with E-state index in [1.807, 2.05) is 6.07 Å². The number of carboxylic acids is 1. The second-order valence-electron chi connectivity index (χ2n) is 3.99. The Labute approximate surface area is 111 Å². The second kappa shape index (κ2) is 8.08. The van der Waals surface area contributed by atoms with Crippen LogP contribution in [0, 0.1) is 5.92 Å². The molecule has 0 spiro atoms. The van der Waals surface area contributed by atoms with Crippen molar-refractivity contribution in [3.8, 4) is 0 Å². The maximum Gasteiger partial charge on any atom is 0.306 e. The Kier molecular flexibility index (Phi) is 6.72. The van der Waals surface area contributed by atoms with Crippen molar-refractivity contribution in [3.05, 3.63) is 34.9 Å². The van der Waals surface area contributed by atoms with Crippen LogP contribution in [0.2, 0.25) is 5.02 Å². The van der Waals surface area contributed by atoms with E-state index in [1.165, 1.54) is 0 Å². The summed E-state index contributed by atoms with van der Waals surface area (Å²) in [6, 6.07) is 7.19. The highest BCUT2D eigenvalue weighted by Crippen LogP contribution is 2.17. The fraction of sp³-hybridized carbons (Fsp3) is 0.462. The lowest BCUT2D eigenvalue weighted by molar-refractivity contribution is -0.142. The fourth-order valence-electron chi connectivity index (χ4n) is 1.65. The minimum Gasteiger partial charge on any atom is -0.481 e. The standard InChI is InChI=1S/C13H17ClO4/c14-12-3-1-2-10(9-12)8-11(13(16)17)4-6-18-7-5-15/h1-3,9,11,15H,4-8H2,(H,16,17). The average molecular weight is 273 g/mol. The maximum absolute atomic E-state index is 11.1. The van der Waals surface area contributed by atoms with Crippen molar-refractivity contribution >= 4 is 17.6 Å². The highest BCUT2D eigenvalue weighted by atomic mass is 35.5. The zero-order chi connectivity index (χ0) is 13.4. The first-order valence-corrected chi connectivity index (χ1v) is 6.17. The zero-order valence-corrected chi connectivity index (χ0v) is 10.8. The van der Waals surface area contributed by atoms with Crippen LogP contribution in [0.5, 0.6) is 0 Å². The van der Waals surface area contributed by atoms with E-state index in [1.54, 1.807) is 18.2 Å². The molecule has 1 aromatic rings. The molecule has 0 radical (unpaired) electrons. The molecule has 1 rings (SSSR count). The summed E-state index contributed by atoms with van der Waals surface area (Å²) in [5.41, 5.74) is 0.900. The zero-order valence-electron chi connectivity index (χ0n) is 10.0. The van der Waals surface area contributed by atoms with Crippen LogP contribution in [-0.2, 0) is 16.0 Å². The minimum absolute atomic E-state index is 0.0496. The Hall–Kier alpha value is -1.10. The Morgan fingerprint density at radius 3 is 2.78 bits per heavy atom. The summed E-state index contributed by atoms with van der Waals surface area (Å²) in [5, 5.41) is 18.3. The molecular weight excluding hydrogens is 256 g/mol. The van der Waals surface area contributed by atoms with E-state index < -0.39 is 11.9 Å². The van der Waals surface area contributed by atoms with E-state index >= 15 is 0 Å². The smallest absolute Gasteiger partial charge is 0.306 e. The number of aliphatic hydroxyl groups is 1. The quantitative estimate of drug-likeness (QED) is 0.710. The molecule has 0 aliphatic heterocycles. The summed E-state index contributed by atoms with van der Waals surface area (Å²) in [6.45, 7) is 0.521. The molecule has 0 fully saturated rings. The highest BCUT2D eigenvalue weighted by Gasteiger charge is 2.17. The number of benzene rings is 1. The number of rotatable bonds is 8. The molecule has 1 aromatic carbocycles. The lowest BCUT2D eigenvalue weighted by atomic mass is 9.97. The number of hydrogen-bond acceptors (Lipinski definition) is 3. The van der Waals surface area contributed by atoms with Crippen molar-refractivity contribution < 1.29 is 19.7 Å². The van der Waals surface area contributed by atoms with Crippen LogP contribution in [-0.4, -0.2) is 36.0 Å². The van der Waals surface area contributed by atoms with Crippen LogP contribution in [0.25, 0.3) is 0 Å². The van der Waals surface area contributed by atoms with Gasteiger partial charge in [0.15, 0.2) is 0 Å². The van der Waals surface area contributed by atoms with Gasteiger partial charge >= 0.3 is 5.97 Å². The molecule has 0 amide bonds. The van der Waals surface area contributed by atoms with E-state index in [4.69, 9.17) is 26.6 Å². The lowest BCUT2D eigenvalue weighted by Crippen LogP contribution is -2.19. The Balaban J connectivity index is 2.50. The van der Waals surface area contributed by atoms with Gasteiger partial charge in [-0.2, -0.15) is 0 Å². The predicted molar refractivity (Wildman–Crippen MR) is 68.8 cm³/mol. The first kappa shape index (κ1) is 15.0. The first-order chi connectivity index (χ1) is 8.63. The first-order valence-electron chi connectivity index (χ1n) is 5.79. The molecule has 1 unspecified atom stereocenters. The molecule has 2 N–H and O–H groups in total. The predicted octanol–water partition coefficient (Wildman–Crippen LogP) is 1.98. The molecule has 0 saturated carbocycles. The third-order valence-corrected chi connectivity index (χ3v) is 2.80. The van der Waals surface area contributed by atoms with Crippen LogP contribution in [0.4, 0.5) is 0 Å². The van der Waals surface area contributed by atoms with Gasteiger partial charge in [0.2, 0.25) is 0 Å². The van der Waals surface area contributed by atoms with Crippen molar-refractivity contribution in [1.29, 1.82) is 0 Å². The monoisotopic (exact) mass is 272 g/mol. The SMILES string of the molecule is O=C(O)C(CCOCCO)Cc1cccc(Cl)c1. The van der Waals surface area contributed by atoms with Crippen LogP contribution in [0.1, 0.15) is 12.0 Å². The van der Waals surface area contributed by atoms with Crippen molar-refractivity contribution in [2.45, 2.75) is 12.8 Å². The van der Waals surface area contributed by atoms with E-state index in [0.29, 0.717) is 24.5 Å². The molecule has 100 valence electrons. The van der Waals surface area contributed by atoms with Gasteiger partial charge < -0.3 is 14.9 Å². The third-order valence-electron chi connectivity index (χ3n) is 2.57. The molecular formula is C13H17ClO4.